The predicted molar refractivity (Wildman–Crippen MR) is 216 cm³/mol. The largest absolute Gasteiger partial charge is 0.309 e. The van der Waals surface area contributed by atoms with Gasteiger partial charge in [-0.05, 0) is 103 Å². The van der Waals surface area contributed by atoms with Crippen molar-refractivity contribution < 1.29 is 0 Å². The van der Waals surface area contributed by atoms with Crippen LogP contribution in [-0.4, -0.2) is 4.57 Å². The number of rotatable bonds is 3. The molecule has 9 rings (SSSR count). The third-order valence-corrected chi connectivity index (χ3v) is 9.51. The summed E-state index contributed by atoms with van der Waals surface area (Å²) in [6.07, 6.45) is 6.92. The monoisotopic (exact) mass is 645 g/mol. The number of hydrogen-bond acceptors (Lipinski definition) is 0. The van der Waals surface area contributed by atoms with Gasteiger partial charge in [0.05, 0.1) is 11.0 Å². The molecule has 0 bridgehead atoms. The minimum absolute atomic E-state index is 1.20. The number of fused-ring (bicyclic) bond motifs is 4. The maximum absolute atomic E-state index is 2.35. The Kier molecular flexibility index (Phi) is 9.85. The Morgan fingerprint density at radius 3 is 1.68 bits per heavy atom. The van der Waals surface area contributed by atoms with Crippen molar-refractivity contribution >= 4 is 27.9 Å². The number of para-hydroxylation sites is 2. The first kappa shape index (κ1) is 32.6. The van der Waals surface area contributed by atoms with Crippen molar-refractivity contribution in [3.05, 3.63) is 204 Å². The molecule has 0 aliphatic heterocycles. The second-order valence-corrected chi connectivity index (χ2v) is 13.1. The fourth-order valence-electron chi connectivity index (χ4n) is 6.77. The lowest BCUT2D eigenvalue weighted by molar-refractivity contribution is 0.981. The number of nitrogens with zero attached hydrogens (tertiary/aromatic N) is 1. The number of aryl methyl sites for hydroxylation is 4. The van der Waals surface area contributed by atoms with Crippen molar-refractivity contribution in [2.75, 3.05) is 0 Å². The standard InChI is InChI=1S/C25H19N.C13H12.C11H12/c1-18-11-13-19(14-12-18)20-15-16-25-23(17-20)22-9-5-6-10-24(22)26(25)21-7-3-2-4-8-21;1-11-7-9-13(10-8-11)12-5-3-2-4-6-12;1-9-5-4-7-10-6-2-3-8-11(9)10/h2-17H,1H3;2-10H,1H3;3-5,7-8H,2,6H2,1H3. The molecule has 0 spiro atoms. The van der Waals surface area contributed by atoms with Crippen LogP contribution in [0.25, 0.3) is 55.8 Å². The van der Waals surface area contributed by atoms with Crippen LogP contribution in [-0.2, 0) is 6.42 Å². The summed E-state index contributed by atoms with van der Waals surface area (Å²) in [6, 6.07) is 60.4. The van der Waals surface area contributed by atoms with Crippen LogP contribution in [0.3, 0.4) is 0 Å². The van der Waals surface area contributed by atoms with Gasteiger partial charge in [-0.15, -0.1) is 0 Å². The van der Waals surface area contributed by atoms with Crippen LogP contribution in [0.5, 0.6) is 0 Å². The summed E-state index contributed by atoms with van der Waals surface area (Å²) in [7, 11) is 0. The number of hydrogen-bond donors (Lipinski definition) is 0. The maximum Gasteiger partial charge on any atom is 0.0541 e. The molecule has 0 saturated heterocycles. The molecule has 1 aromatic heterocycles. The van der Waals surface area contributed by atoms with Gasteiger partial charge in [0, 0.05) is 16.5 Å². The molecular formula is C49H43N. The van der Waals surface area contributed by atoms with E-state index in [1.165, 1.54) is 90.4 Å². The van der Waals surface area contributed by atoms with Crippen molar-refractivity contribution in [3.8, 4) is 27.9 Å². The van der Waals surface area contributed by atoms with E-state index in [0.29, 0.717) is 0 Å². The molecule has 50 heavy (non-hydrogen) atoms. The van der Waals surface area contributed by atoms with Crippen molar-refractivity contribution in [1.29, 1.82) is 0 Å². The van der Waals surface area contributed by atoms with Gasteiger partial charge in [-0.25, -0.2) is 0 Å². The highest BCUT2D eigenvalue weighted by Gasteiger charge is 2.12. The summed E-state index contributed by atoms with van der Waals surface area (Å²) in [4.78, 5) is 0. The highest BCUT2D eigenvalue weighted by atomic mass is 15.0. The zero-order valence-electron chi connectivity index (χ0n) is 29.2. The minimum atomic E-state index is 1.20. The summed E-state index contributed by atoms with van der Waals surface area (Å²) >= 11 is 0. The Labute approximate surface area is 296 Å². The van der Waals surface area contributed by atoms with Crippen LogP contribution in [0, 0.1) is 20.8 Å². The van der Waals surface area contributed by atoms with Crippen LogP contribution in [0.1, 0.15) is 34.2 Å². The second kappa shape index (κ2) is 15.1. The molecule has 0 N–H and O–H groups in total. The van der Waals surface area contributed by atoms with E-state index in [9.17, 15) is 0 Å². The molecule has 0 saturated carbocycles. The third-order valence-electron chi connectivity index (χ3n) is 9.51. The van der Waals surface area contributed by atoms with E-state index >= 15 is 0 Å². The third kappa shape index (κ3) is 7.23. The minimum Gasteiger partial charge on any atom is -0.309 e. The highest BCUT2D eigenvalue weighted by Crippen LogP contribution is 2.35. The van der Waals surface area contributed by atoms with Gasteiger partial charge in [-0.3, -0.25) is 0 Å². The van der Waals surface area contributed by atoms with Crippen LogP contribution >= 0.6 is 0 Å². The summed E-state index contributed by atoms with van der Waals surface area (Å²) in [6.45, 7) is 6.41. The lowest BCUT2D eigenvalue weighted by atomic mass is 9.94. The molecule has 1 nitrogen and oxygen atoms in total. The highest BCUT2D eigenvalue weighted by molar-refractivity contribution is 6.10. The molecule has 1 aliphatic rings. The van der Waals surface area contributed by atoms with Crippen molar-refractivity contribution in [1.82, 2.24) is 4.57 Å². The van der Waals surface area contributed by atoms with E-state index in [1.807, 2.05) is 6.07 Å². The lowest BCUT2D eigenvalue weighted by Crippen LogP contribution is -1.95. The number of aromatic nitrogens is 1. The first-order chi connectivity index (χ1) is 24.5. The van der Waals surface area contributed by atoms with E-state index < -0.39 is 0 Å². The summed E-state index contributed by atoms with van der Waals surface area (Å²) in [5.74, 6) is 0. The van der Waals surface area contributed by atoms with Gasteiger partial charge < -0.3 is 4.57 Å². The van der Waals surface area contributed by atoms with Gasteiger partial charge in [0.2, 0.25) is 0 Å². The van der Waals surface area contributed by atoms with E-state index in [1.54, 1.807) is 0 Å². The van der Waals surface area contributed by atoms with Gasteiger partial charge in [0.25, 0.3) is 0 Å². The normalized spacial score (nSPS) is 11.7. The van der Waals surface area contributed by atoms with Crippen molar-refractivity contribution in [2.45, 2.75) is 33.6 Å². The Bertz CT molecular complexity index is 2360. The molecule has 1 heterocycles. The first-order valence-corrected chi connectivity index (χ1v) is 17.6. The maximum atomic E-state index is 2.35. The number of benzene rings is 7. The molecule has 0 unspecified atom stereocenters. The first-order valence-electron chi connectivity index (χ1n) is 17.6. The average Bonchev–Trinajstić information content (AvgIpc) is 3.51. The van der Waals surface area contributed by atoms with E-state index in [4.69, 9.17) is 0 Å². The van der Waals surface area contributed by atoms with Crippen LogP contribution in [0.4, 0.5) is 0 Å². The van der Waals surface area contributed by atoms with Crippen LogP contribution in [0.2, 0.25) is 0 Å². The molecule has 244 valence electrons. The SMILES string of the molecule is Cc1ccc(-c2ccc3c(c2)c2ccccc2n3-c2ccccc2)cc1.Cc1ccc(-c2ccccc2)cc1.Cc1cccc2c1C=CCC2. The molecule has 1 aliphatic carbocycles. The lowest BCUT2D eigenvalue weighted by Gasteiger charge is -2.11. The van der Waals surface area contributed by atoms with Crippen LogP contribution < -0.4 is 0 Å². The van der Waals surface area contributed by atoms with Crippen LogP contribution in [0.15, 0.2) is 176 Å². The van der Waals surface area contributed by atoms with Gasteiger partial charge >= 0.3 is 0 Å². The fourth-order valence-corrected chi connectivity index (χ4v) is 6.77. The summed E-state index contributed by atoms with van der Waals surface area (Å²) < 4.78 is 2.35. The van der Waals surface area contributed by atoms with E-state index in [0.717, 1.165) is 0 Å². The van der Waals surface area contributed by atoms with Crippen molar-refractivity contribution in [2.24, 2.45) is 0 Å². The Hall–Kier alpha value is -5.92. The van der Waals surface area contributed by atoms with Gasteiger partial charge in [0.15, 0.2) is 0 Å². The zero-order valence-corrected chi connectivity index (χ0v) is 29.2. The van der Waals surface area contributed by atoms with Gasteiger partial charge in [0.1, 0.15) is 0 Å². The quantitative estimate of drug-likeness (QED) is 0.180. The van der Waals surface area contributed by atoms with E-state index in [2.05, 4.69) is 201 Å². The molecule has 7 aromatic carbocycles. The van der Waals surface area contributed by atoms with E-state index in [-0.39, 0.29) is 0 Å². The Morgan fingerprint density at radius 2 is 1.00 bits per heavy atom. The molecule has 0 fully saturated rings. The van der Waals surface area contributed by atoms with Crippen molar-refractivity contribution in [3.63, 3.8) is 0 Å². The smallest absolute Gasteiger partial charge is 0.0541 e. The average molecular weight is 646 g/mol. The molecule has 1 heteroatoms. The molecule has 0 amide bonds. The molecule has 0 atom stereocenters. The predicted octanol–water partition coefficient (Wildman–Crippen LogP) is 13.4. The number of allylic oxidation sites excluding steroid dienone is 1. The zero-order chi connectivity index (χ0) is 34.3. The molecule has 8 aromatic rings. The molecule has 0 radical (unpaired) electrons. The second-order valence-electron chi connectivity index (χ2n) is 13.1. The fraction of sp³-hybridized carbons (Fsp3) is 0.102. The molecular weight excluding hydrogens is 603 g/mol. The topological polar surface area (TPSA) is 4.93 Å². The summed E-state index contributed by atoms with van der Waals surface area (Å²) in [5.41, 5.74) is 15.7. The Balaban J connectivity index is 0.000000136. The van der Waals surface area contributed by atoms with Gasteiger partial charge in [-0.1, -0.05) is 163 Å². The Morgan fingerprint density at radius 1 is 0.440 bits per heavy atom. The van der Waals surface area contributed by atoms with Gasteiger partial charge in [-0.2, -0.15) is 0 Å². The summed E-state index contributed by atoms with van der Waals surface area (Å²) in [5, 5.41) is 2.59.